The van der Waals surface area contributed by atoms with Crippen molar-refractivity contribution in [1.82, 2.24) is 9.97 Å². The van der Waals surface area contributed by atoms with Crippen LogP contribution in [0, 0.1) is 23.7 Å². The van der Waals surface area contributed by atoms with Gasteiger partial charge in [0.1, 0.15) is 5.82 Å². The molecule has 4 aliphatic carbocycles. The second kappa shape index (κ2) is 8.31. The smallest absolute Gasteiger partial charge is 0.228 e. The van der Waals surface area contributed by atoms with E-state index in [1.165, 1.54) is 86.7 Å². The van der Waals surface area contributed by atoms with Gasteiger partial charge < -0.3 is 9.80 Å². The Kier molecular flexibility index (Phi) is 4.81. The topological polar surface area (TPSA) is 32.3 Å². The number of hydrogen-bond acceptors (Lipinski definition) is 4. The van der Waals surface area contributed by atoms with Crippen molar-refractivity contribution in [1.29, 1.82) is 0 Å². The monoisotopic (exact) mass is 502 g/mol. The molecule has 4 saturated carbocycles. The molecular formula is C34H38N4. The number of nitrogens with zero attached hydrogens (tertiary/aromatic N) is 4. The maximum Gasteiger partial charge on any atom is 0.228 e. The van der Waals surface area contributed by atoms with E-state index in [4.69, 9.17) is 9.97 Å². The lowest BCUT2D eigenvalue weighted by Crippen LogP contribution is -2.59. The highest BCUT2D eigenvalue weighted by Crippen LogP contribution is 2.52. The molecule has 4 aliphatic heterocycles. The molecule has 0 amide bonds. The molecule has 4 heteroatoms. The summed E-state index contributed by atoms with van der Waals surface area (Å²) < 4.78 is 0. The van der Waals surface area contributed by atoms with Crippen LogP contribution in [0.15, 0.2) is 60.7 Å². The largest absolute Gasteiger partial charge is 0.350 e. The molecule has 8 aliphatic rings. The molecule has 0 atom stereocenters. The van der Waals surface area contributed by atoms with Crippen LogP contribution in [-0.4, -0.2) is 34.1 Å². The second-order valence-electron chi connectivity index (χ2n) is 13.6. The first-order valence-electron chi connectivity index (χ1n) is 15.3. The summed E-state index contributed by atoms with van der Waals surface area (Å²) in [6, 6.07) is 24.7. The van der Waals surface area contributed by atoms with Crippen LogP contribution in [0.25, 0.3) is 22.4 Å². The second-order valence-corrected chi connectivity index (χ2v) is 13.6. The standard InChI is InChI=1S/C34H38N4/c1-2-5-25(6-3-1)26-7-4-8-27(19-26)32-20-33(37-28-11-21-9-22(13-28)14-29(37)12-21)36-34(35-32)38-30-15-23-10-24(17-30)18-31(38)16-23/h1-8,19-24,28-31H,9-18H2. The molecule has 8 bridgehead atoms. The lowest BCUT2D eigenvalue weighted by Gasteiger charge is -2.58. The van der Waals surface area contributed by atoms with E-state index in [1.54, 1.807) is 0 Å². The molecular weight excluding hydrogens is 464 g/mol. The van der Waals surface area contributed by atoms with Gasteiger partial charge in [-0.15, -0.1) is 0 Å². The molecule has 8 fully saturated rings. The van der Waals surface area contributed by atoms with Gasteiger partial charge in [0.25, 0.3) is 0 Å². The van der Waals surface area contributed by atoms with Crippen LogP contribution in [0.4, 0.5) is 11.8 Å². The minimum atomic E-state index is 0.638. The normalized spacial score (nSPS) is 36.3. The number of rotatable bonds is 4. The van der Waals surface area contributed by atoms with Crippen molar-refractivity contribution in [3.05, 3.63) is 60.7 Å². The zero-order valence-electron chi connectivity index (χ0n) is 22.3. The zero-order valence-corrected chi connectivity index (χ0v) is 22.3. The van der Waals surface area contributed by atoms with Crippen molar-refractivity contribution in [2.24, 2.45) is 23.7 Å². The zero-order chi connectivity index (χ0) is 24.8. The van der Waals surface area contributed by atoms with Crippen LogP contribution in [0.5, 0.6) is 0 Å². The maximum absolute atomic E-state index is 5.47. The van der Waals surface area contributed by atoms with Crippen LogP contribution in [-0.2, 0) is 0 Å². The fourth-order valence-corrected chi connectivity index (χ4v) is 10.1. The summed E-state index contributed by atoms with van der Waals surface area (Å²) in [7, 11) is 0. The Hall–Kier alpha value is -2.88. The Morgan fingerprint density at radius 2 is 1.00 bits per heavy atom. The predicted octanol–water partition coefficient (Wildman–Crippen LogP) is 7.35. The molecule has 194 valence electrons. The van der Waals surface area contributed by atoms with Gasteiger partial charge in [-0.05, 0) is 105 Å². The van der Waals surface area contributed by atoms with Gasteiger partial charge in [-0.25, -0.2) is 4.98 Å². The SMILES string of the molecule is c1ccc(-c2cccc(-c3cc(N4C5CC6CC(C5)CC4C6)nc(N4C5CC6CC(C5)CC4C6)n3)c2)cc1. The highest BCUT2D eigenvalue weighted by Gasteiger charge is 2.49. The van der Waals surface area contributed by atoms with E-state index < -0.39 is 0 Å². The molecule has 0 N–H and O–H groups in total. The summed E-state index contributed by atoms with van der Waals surface area (Å²) in [5, 5.41) is 0. The van der Waals surface area contributed by atoms with Gasteiger partial charge in [-0.3, -0.25) is 0 Å². The number of benzene rings is 2. The molecule has 2 aromatic carbocycles. The third-order valence-corrected chi connectivity index (χ3v) is 11.2. The summed E-state index contributed by atoms with van der Waals surface area (Å²) in [5.41, 5.74) is 4.84. The lowest BCUT2D eigenvalue weighted by molar-refractivity contribution is 0.0869. The quantitative estimate of drug-likeness (QED) is 0.373. The van der Waals surface area contributed by atoms with Gasteiger partial charge in [0.2, 0.25) is 5.95 Å². The minimum Gasteiger partial charge on any atom is -0.350 e. The fourth-order valence-electron chi connectivity index (χ4n) is 10.1. The Morgan fingerprint density at radius 3 is 1.61 bits per heavy atom. The lowest BCUT2D eigenvalue weighted by atomic mass is 9.63. The van der Waals surface area contributed by atoms with Crippen molar-refractivity contribution >= 4 is 11.8 Å². The van der Waals surface area contributed by atoms with Crippen molar-refractivity contribution < 1.29 is 0 Å². The van der Waals surface area contributed by atoms with E-state index in [1.807, 2.05) is 0 Å². The molecule has 4 nitrogen and oxygen atoms in total. The van der Waals surface area contributed by atoms with Crippen molar-refractivity contribution in [3.63, 3.8) is 0 Å². The Morgan fingerprint density at radius 1 is 0.474 bits per heavy atom. The summed E-state index contributed by atoms with van der Waals surface area (Å²) in [6.45, 7) is 0. The molecule has 0 unspecified atom stereocenters. The molecule has 38 heavy (non-hydrogen) atoms. The van der Waals surface area contributed by atoms with Gasteiger partial charge >= 0.3 is 0 Å². The van der Waals surface area contributed by atoms with Gasteiger partial charge in [0, 0.05) is 35.8 Å². The minimum absolute atomic E-state index is 0.638. The van der Waals surface area contributed by atoms with E-state index in [0.29, 0.717) is 24.2 Å². The van der Waals surface area contributed by atoms with E-state index >= 15 is 0 Å². The molecule has 1 aromatic heterocycles. The highest BCUT2D eigenvalue weighted by molar-refractivity contribution is 5.73. The van der Waals surface area contributed by atoms with Gasteiger partial charge in [0.15, 0.2) is 0 Å². The number of piperidine rings is 4. The van der Waals surface area contributed by atoms with Crippen molar-refractivity contribution in [3.8, 4) is 22.4 Å². The van der Waals surface area contributed by atoms with Gasteiger partial charge in [0.05, 0.1) is 5.69 Å². The van der Waals surface area contributed by atoms with E-state index in [2.05, 4.69) is 70.5 Å². The first-order chi connectivity index (χ1) is 18.7. The average Bonchev–Trinajstić information content (AvgIpc) is 2.92. The first-order valence-corrected chi connectivity index (χ1v) is 15.3. The maximum atomic E-state index is 5.47. The Labute approximate surface area is 226 Å². The molecule has 11 rings (SSSR count). The molecule has 4 saturated heterocycles. The van der Waals surface area contributed by atoms with Crippen LogP contribution in [0.1, 0.15) is 64.2 Å². The molecule has 5 heterocycles. The van der Waals surface area contributed by atoms with Gasteiger partial charge in [-0.1, -0.05) is 48.5 Å². The Balaban J connectivity index is 1.16. The third-order valence-electron chi connectivity index (χ3n) is 11.2. The Bertz CT molecular complexity index is 1250. The predicted molar refractivity (Wildman–Crippen MR) is 153 cm³/mol. The molecule has 3 aromatic rings. The van der Waals surface area contributed by atoms with Gasteiger partial charge in [-0.2, -0.15) is 4.98 Å². The summed E-state index contributed by atoms with van der Waals surface area (Å²) in [5.74, 6) is 6.00. The molecule has 0 radical (unpaired) electrons. The first kappa shape index (κ1) is 22.0. The van der Waals surface area contributed by atoms with Crippen LogP contribution >= 0.6 is 0 Å². The summed E-state index contributed by atoms with van der Waals surface area (Å²) in [6.07, 6.45) is 13.8. The van der Waals surface area contributed by atoms with Crippen LogP contribution < -0.4 is 9.80 Å². The fraction of sp³-hybridized carbons (Fsp3) is 0.529. The highest BCUT2D eigenvalue weighted by atomic mass is 15.3. The average molecular weight is 503 g/mol. The molecule has 0 spiro atoms. The van der Waals surface area contributed by atoms with Crippen LogP contribution in [0.3, 0.4) is 0 Å². The summed E-state index contributed by atoms with van der Waals surface area (Å²) in [4.78, 5) is 16.3. The number of hydrogen-bond donors (Lipinski definition) is 0. The van der Waals surface area contributed by atoms with Crippen LogP contribution in [0.2, 0.25) is 0 Å². The van der Waals surface area contributed by atoms with E-state index in [0.717, 1.165) is 35.3 Å². The van der Waals surface area contributed by atoms with E-state index in [-0.39, 0.29) is 0 Å². The van der Waals surface area contributed by atoms with Crippen molar-refractivity contribution in [2.45, 2.75) is 88.4 Å². The summed E-state index contributed by atoms with van der Waals surface area (Å²) >= 11 is 0. The number of aromatic nitrogens is 2. The number of anilines is 2. The third kappa shape index (κ3) is 3.48. The van der Waals surface area contributed by atoms with Crippen molar-refractivity contribution in [2.75, 3.05) is 9.80 Å². The van der Waals surface area contributed by atoms with E-state index in [9.17, 15) is 0 Å².